The lowest BCUT2D eigenvalue weighted by atomic mass is 9.82. The third-order valence-corrected chi connectivity index (χ3v) is 4.51. The fraction of sp³-hybridized carbons (Fsp3) is 0.750. The monoisotopic (exact) mass is 275 g/mol. The van der Waals surface area contributed by atoms with Gasteiger partial charge in [-0.05, 0) is 25.7 Å². The molecule has 98 valence electrons. The standard InChI is InChI=1S/C12H21N3S.ClH/c1-8-5-10(6-8)13-7-11-9(2)14-12(16-11)15(3)4;/h8,10,13H,5-7H2,1-4H3;1H. The smallest absolute Gasteiger partial charge is 0.185 e. The Labute approximate surface area is 114 Å². The highest BCUT2D eigenvalue weighted by molar-refractivity contribution is 7.15. The largest absolute Gasteiger partial charge is 0.354 e. The van der Waals surface area contributed by atoms with Crippen LogP contribution in [0.1, 0.15) is 30.3 Å². The van der Waals surface area contributed by atoms with Crippen LogP contribution in [0.5, 0.6) is 0 Å². The van der Waals surface area contributed by atoms with Crippen LogP contribution >= 0.6 is 23.7 Å². The summed E-state index contributed by atoms with van der Waals surface area (Å²) < 4.78 is 0. The average molecular weight is 276 g/mol. The van der Waals surface area contributed by atoms with Gasteiger partial charge in [-0.15, -0.1) is 23.7 Å². The third-order valence-electron chi connectivity index (χ3n) is 3.19. The molecule has 1 aromatic heterocycles. The first-order valence-corrected chi connectivity index (χ1v) is 6.75. The number of rotatable bonds is 4. The Bertz CT molecular complexity index is 359. The molecular formula is C12H22ClN3S. The van der Waals surface area contributed by atoms with Crippen LogP contribution in [0.2, 0.25) is 0 Å². The van der Waals surface area contributed by atoms with Crippen molar-refractivity contribution >= 4 is 28.9 Å². The van der Waals surface area contributed by atoms with Crippen molar-refractivity contribution in [2.45, 2.75) is 39.3 Å². The molecule has 17 heavy (non-hydrogen) atoms. The molecule has 1 saturated carbocycles. The molecular weight excluding hydrogens is 254 g/mol. The van der Waals surface area contributed by atoms with Gasteiger partial charge in [0, 0.05) is 31.6 Å². The number of aryl methyl sites for hydroxylation is 1. The summed E-state index contributed by atoms with van der Waals surface area (Å²) in [5.41, 5.74) is 1.17. The lowest BCUT2D eigenvalue weighted by molar-refractivity contribution is 0.241. The van der Waals surface area contributed by atoms with Crippen LogP contribution in [-0.4, -0.2) is 25.1 Å². The molecule has 0 aromatic carbocycles. The third kappa shape index (κ3) is 3.57. The molecule has 0 amide bonds. The van der Waals surface area contributed by atoms with Crippen LogP contribution < -0.4 is 10.2 Å². The molecule has 5 heteroatoms. The number of hydrogen-bond donors (Lipinski definition) is 1. The minimum Gasteiger partial charge on any atom is -0.354 e. The second-order valence-corrected chi connectivity index (χ2v) is 6.12. The molecule has 0 unspecified atom stereocenters. The second-order valence-electron chi connectivity index (χ2n) is 5.05. The number of nitrogens with one attached hydrogen (secondary N) is 1. The minimum absolute atomic E-state index is 0. The lowest BCUT2D eigenvalue weighted by Gasteiger charge is -2.33. The van der Waals surface area contributed by atoms with Crippen molar-refractivity contribution in [1.82, 2.24) is 10.3 Å². The highest BCUT2D eigenvalue weighted by Crippen LogP contribution is 2.28. The molecule has 3 nitrogen and oxygen atoms in total. The van der Waals surface area contributed by atoms with Gasteiger partial charge in [0.1, 0.15) is 0 Å². The SMILES string of the molecule is Cc1nc(N(C)C)sc1CNC1CC(C)C1.Cl. The molecule has 1 N–H and O–H groups in total. The number of aromatic nitrogens is 1. The van der Waals surface area contributed by atoms with Crippen molar-refractivity contribution in [1.29, 1.82) is 0 Å². The molecule has 0 aliphatic heterocycles. The Balaban J connectivity index is 0.00000144. The van der Waals surface area contributed by atoms with Crippen molar-refractivity contribution in [2.75, 3.05) is 19.0 Å². The molecule has 1 fully saturated rings. The summed E-state index contributed by atoms with van der Waals surface area (Å²) in [5, 5.41) is 4.72. The van der Waals surface area contributed by atoms with Crippen molar-refractivity contribution in [2.24, 2.45) is 5.92 Å². The van der Waals surface area contributed by atoms with E-state index in [4.69, 9.17) is 0 Å². The molecule has 1 aliphatic carbocycles. The maximum atomic E-state index is 4.55. The van der Waals surface area contributed by atoms with E-state index in [1.165, 1.54) is 23.4 Å². The predicted molar refractivity (Wildman–Crippen MR) is 77.5 cm³/mol. The van der Waals surface area contributed by atoms with Gasteiger partial charge in [0.05, 0.1) is 5.69 Å². The van der Waals surface area contributed by atoms with Gasteiger partial charge in [0.25, 0.3) is 0 Å². The summed E-state index contributed by atoms with van der Waals surface area (Å²) in [6, 6.07) is 0.735. The Kier molecular flexibility index (Phi) is 5.22. The van der Waals surface area contributed by atoms with E-state index in [-0.39, 0.29) is 12.4 Å². The fourth-order valence-electron chi connectivity index (χ4n) is 2.07. The molecule has 2 rings (SSSR count). The van der Waals surface area contributed by atoms with Crippen LogP contribution in [0.25, 0.3) is 0 Å². The molecule has 0 saturated heterocycles. The van der Waals surface area contributed by atoms with Crippen LogP contribution in [0.3, 0.4) is 0 Å². The Morgan fingerprint density at radius 2 is 2.06 bits per heavy atom. The molecule has 0 bridgehead atoms. The highest BCUT2D eigenvalue weighted by Gasteiger charge is 2.24. The zero-order chi connectivity index (χ0) is 11.7. The van der Waals surface area contributed by atoms with Gasteiger partial charge in [-0.1, -0.05) is 6.92 Å². The first-order chi connectivity index (χ1) is 7.56. The van der Waals surface area contributed by atoms with Gasteiger partial charge < -0.3 is 10.2 Å². The Morgan fingerprint density at radius 1 is 1.41 bits per heavy atom. The van der Waals surface area contributed by atoms with E-state index in [2.05, 4.69) is 29.0 Å². The van der Waals surface area contributed by atoms with Gasteiger partial charge in [-0.25, -0.2) is 4.98 Å². The van der Waals surface area contributed by atoms with E-state index in [0.717, 1.165) is 23.6 Å². The maximum absolute atomic E-state index is 4.55. The van der Waals surface area contributed by atoms with Crippen LogP contribution in [0, 0.1) is 12.8 Å². The fourth-order valence-corrected chi connectivity index (χ4v) is 3.01. The summed E-state index contributed by atoms with van der Waals surface area (Å²) in [6.45, 7) is 5.40. The van der Waals surface area contributed by atoms with Gasteiger partial charge in [0.2, 0.25) is 0 Å². The molecule has 1 heterocycles. The van der Waals surface area contributed by atoms with Crippen molar-refractivity contribution in [3.63, 3.8) is 0 Å². The quantitative estimate of drug-likeness (QED) is 0.916. The molecule has 0 radical (unpaired) electrons. The number of thiazole rings is 1. The highest BCUT2D eigenvalue weighted by atomic mass is 35.5. The summed E-state index contributed by atoms with van der Waals surface area (Å²) in [4.78, 5) is 8.01. The van der Waals surface area contributed by atoms with E-state index in [1.807, 2.05) is 14.1 Å². The summed E-state index contributed by atoms with van der Waals surface area (Å²) in [7, 11) is 4.09. The summed E-state index contributed by atoms with van der Waals surface area (Å²) >= 11 is 1.80. The summed E-state index contributed by atoms with van der Waals surface area (Å²) in [6.07, 6.45) is 2.66. The molecule has 1 aromatic rings. The first kappa shape index (κ1) is 14.7. The number of anilines is 1. The van der Waals surface area contributed by atoms with E-state index in [1.54, 1.807) is 11.3 Å². The van der Waals surface area contributed by atoms with Crippen molar-refractivity contribution in [3.05, 3.63) is 10.6 Å². The lowest BCUT2D eigenvalue weighted by Crippen LogP contribution is -2.39. The van der Waals surface area contributed by atoms with Crippen LogP contribution in [0.15, 0.2) is 0 Å². The minimum atomic E-state index is 0. The predicted octanol–water partition coefficient (Wildman–Crippen LogP) is 2.83. The number of nitrogens with zero attached hydrogens (tertiary/aromatic N) is 2. The average Bonchev–Trinajstić information content (AvgIpc) is 2.53. The van der Waals surface area contributed by atoms with Gasteiger partial charge >= 0.3 is 0 Å². The van der Waals surface area contributed by atoms with E-state index in [9.17, 15) is 0 Å². The molecule has 0 atom stereocenters. The normalized spacial score (nSPS) is 22.8. The van der Waals surface area contributed by atoms with Gasteiger partial charge in [0.15, 0.2) is 5.13 Å². The van der Waals surface area contributed by atoms with Gasteiger partial charge in [-0.3, -0.25) is 0 Å². The van der Waals surface area contributed by atoms with E-state index < -0.39 is 0 Å². The molecule has 1 aliphatic rings. The zero-order valence-electron chi connectivity index (χ0n) is 11.0. The van der Waals surface area contributed by atoms with Crippen molar-refractivity contribution < 1.29 is 0 Å². The van der Waals surface area contributed by atoms with E-state index in [0.29, 0.717) is 0 Å². The van der Waals surface area contributed by atoms with E-state index >= 15 is 0 Å². The molecule has 0 spiro atoms. The van der Waals surface area contributed by atoms with Crippen molar-refractivity contribution in [3.8, 4) is 0 Å². The summed E-state index contributed by atoms with van der Waals surface area (Å²) in [5.74, 6) is 0.914. The van der Waals surface area contributed by atoms with Crippen LogP contribution in [-0.2, 0) is 6.54 Å². The van der Waals surface area contributed by atoms with Crippen LogP contribution in [0.4, 0.5) is 5.13 Å². The maximum Gasteiger partial charge on any atom is 0.185 e. The zero-order valence-corrected chi connectivity index (χ0v) is 12.6. The number of hydrogen-bond acceptors (Lipinski definition) is 4. The topological polar surface area (TPSA) is 28.2 Å². The Hall–Kier alpha value is -0.320. The Morgan fingerprint density at radius 3 is 2.53 bits per heavy atom. The first-order valence-electron chi connectivity index (χ1n) is 5.93. The van der Waals surface area contributed by atoms with Gasteiger partial charge in [-0.2, -0.15) is 0 Å². The second kappa shape index (κ2) is 6.03. The number of halogens is 1.